The number of hydrogen-bond donors (Lipinski definition) is 1. The maximum absolute atomic E-state index is 12.6. The van der Waals surface area contributed by atoms with Gasteiger partial charge in [0.15, 0.2) is 0 Å². The highest BCUT2D eigenvalue weighted by atomic mass is 32.2. The van der Waals surface area contributed by atoms with Gasteiger partial charge < -0.3 is 4.74 Å². The van der Waals surface area contributed by atoms with E-state index in [-0.39, 0.29) is 4.90 Å². The van der Waals surface area contributed by atoms with Gasteiger partial charge in [0.1, 0.15) is 5.75 Å². The van der Waals surface area contributed by atoms with E-state index in [0.717, 1.165) is 22.4 Å². The van der Waals surface area contributed by atoms with Crippen molar-refractivity contribution >= 4 is 15.7 Å². The number of nitrogens with one attached hydrogen (secondary N) is 1. The molecule has 1 N–H and O–H groups in total. The van der Waals surface area contributed by atoms with E-state index in [0.29, 0.717) is 11.3 Å². The maximum Gasteiger partial charge on any atom is 0.262 e. The smallest absolute Gasteiger partial charge is 0.262 e. The SMILES string of the molecule is [CH2]c1ccc(NS(=O)(=O)c2cc(C)c(OC)c(C)c2C)cc1. The van der Waals surface area contributed by atoms with E-state index in [9.17, 15) is 8.42 Å². The highest BCUT2D eigenvalue weighted by Crippen LogP contribution is 2.31. The van der Waals surface area contributed by atoms with E-state index < -0.39 is 10.0 Å². The fourth-order valence-electron chi connectivity index (χ4n) is 2.40. The van der Waals surface area contributed by atoms with Gasteiger partial charge in [-0.1, -0.05) is 12.1 Å². The number of anilines is 1. The van der Waals surface area contributed by atoms with Gasteiger partial charge in [0, 0.05) is 5.69 Å². The molecule has 2 rings (SSSR count). The largest absolute Gasteiger partial charge is 0.496 e. The summed E-state index contributed by atoms with van der Waals surface area (Å²) in [6, 6.07) is 8.54. The number of hydrogen-bond acceptors (Lipinski definition) is 3. The third-order valence-corrected chi connectivity index (χ3v) is 5.19. The van der Waals surface area contributed by atoms with Gasteiger partial charge in [-0.05, 0) is 68.1 Å². The van der Waals surface area contributed by atoms with Gasteiger partial charge in [-0.25, -0.2) is 8.42 Å². The number of ether oxygens (including phenoxy) is 1. The van der Waals surface area contributed by atoms with Gasteiger partial charge in [-0.3, -0.25) is 4.72 Å². The van der Waals surface area contributed by atoms with Gasteiger partial charge in [0.2, 0.25) is 0 Å². The summed E-state index contributed by atoms with van der Waals surface area (Å²) in [5.41, 5.74) is 3.65. The molecule has 0 amide bonds. The summed E-state index contributed by atoms with van der Waals surface area (Å²) >= 11 is 0. The second-order valence-electron chi connectivity index (χ2n) is 5.28. The van der Waals surface area contributed by atoms with Gasteiger partial charge in [-0.2, -0.15) is 0 Å². The molecule has 0 heterocycles. The van der Waals surface area contributed by atoms with E-state index in [1.165, 1.54) is 0 Å². The molecule has 0 aliphatic carbocycles. The molecular formula is C17H20NO3S. The van der Waals surface area contributed by atoms with Crippen LogP contribution in [0.3, 0.4) is 0 Å². The molecule has 0 saturated heterocycles. The molecule has 0 aliphatic rings. The summed E-state index contributed by atoms with van der Waals surface area (Å²) in [6.07, 6.45) is 0. The van der Waals surface area contributed by atoms with E-state index in [1.54, 1.807) is 44.4 Å². The Balaban J connectivity index is 2.48. The minimum absolute atomic E-state index is 0.266. The average Bonchev–Trinajstić information content (AvgIpc) is 2.45. The van der Waals surface area contributed by atoms with Crippen LogP contribution in [-0.2, 0) is 10.0 Å². The van der Waals surface area contributed by atoms with Gasteiger partial charge in [-0.15, -0.1) is 0 Å². The summed E-state index contributed by atoms with van der Waals surface area (Å²) in [6.45, 7) is 9.26. The minimum atomic E-state index is -3.65. The predicted molar refractivity (Wildman–Crippen MR) is 88.9 cm³/mol. The molecule has 0 spiro atoms. The lowest BCUT2D eigenvalue weighted by molar-refractivity contribution is 0.407. The Morgan fingerprint density at radius 3 is 2.18 bits per heavy atom. The average molecular weight is 318 g/mol. The topological polar surface area (TPSA) is 55.4 Å². The zero-order valence-electron chi connectivity index (χ0n) is 13.2. The Labute approximate surface area is 132 Å². The molecule has 117 valence electrons. The third kappa shape index (κ3) is 3.09. The van der Waals surface area contributed by atoms with E-state index in [2.05, 4.69) is 11.6 Å². The highest BCUT2D eigenvalue weighted by Gasteiger charge is 2.21. The first-order valence-electron chi connectivity index (χ1n) is 6.86. The first-order valence-corrected chi connectivity index (χ1v) is 8.34. The van der Waals surface area contributed by atoms with Crippen LogP contribution in [0.4, 0.5) is 5.69 Å². The van der Waals surface area contributed by atoms with Gasteiger partial charge in [0.05, 0.1) is 12.0 Å². The fraction of sp³-hybridized carbons (Fsp3) is 0.235. The van der Waals surface area contributed by atoms with Crippen molar-refractivity contribution in [2.24, 2.45) is 0 Å². The molecule has 2 aromatic rings. The van der Waals surface area contributed by atoms with Crippen LogP contribution in [0.2, 0.25) is 0 Å². The zero-order chi connectivity index (χ0) is 16.5. The van der Waals surface area contributed by atoms with Gasteiger partial charge >= 0.3 is 0 Å². The maximum atomic E-state index is 12.6. The third-order valence-electron chi connectivity index (χ3n) is 3.68. The monoisotopic (exact) mass is 318 g/mol. The van der Waals surface area contributed by atoms with Crippen molar-refractivity contribution in [1.29, 1.82) is 0 Å². The lowest BCUT2D eigenvalue weighted by atomic mass is 10.1. The summed E-state index contributed by atoms with van der Waals surface area (Å²) in [7, 11) is -2.07. The molecule has 0 aromatic heterocycles. The predicted octanol–water partition coefficient (Wildman–Crippen LogP) is 3.60. The molecule has 4 nitrogen and oxygen atoms in total. The quantitative estimate of drug-likeness (QED) is 0.937. The van der Waals surface area contributed by atoms with Crippen LogP contribution in [0.5, 0.6) is 5.75 Å². The Hall–Kier alpha value is -2.01. The standard InChI is InChI=1S/C17H20NO3S/c1-11-6-8-15(9-7-11)18-22(19,20)16-10-12(2)17(21-5)14(4)13(16)3/h6-10,18H,1H2,2-5H3. The molecule has 1 radical (unpaired) electrons. The molecule has 2 aromatic carbocycles. The van der Waals surface area contributed by atoms with Crippen LogP contribution in [0, 0.1) is 27.7 Å². The van der Waals surface area contributed by atoms with E-state index in [1.807, 2.05) is 13.8 Å². The lowest BCUT2D eigenvalue weighted by Crippen LogP contribution is -2.15. The van der Waals surface area contributed by atoms with Crippen LogP contribution in [0.15, 0.2) is 35.2 Å². The summed E-state index contributed by atoms with van der Waals surface area (Å²) in [5.74, 6) is 0.720. The van der Waals surface area contributed by atoms with E-state index >= 15 is 0 Å². The van der Waals surface area contributed by atoms with Crippen molar-refractivity contribution < 1.29 is 13.2 Å². The second kappa shape index (κ2) is 6.01. The van der Waals surface area contributed by atoms with Crippen LogP contribution in [0.1, 0.15) is 22.3 Å². The van der Waals surface area contributed by atoms with Gasteiger partial charge in [0.25, 0.3) is 10.0 Å². The van der Waals surface area contributed by atoms with Crippen molar-refractivity contribution in [2.45, 2.75) is 25.7 Å². The van der Waals surface area contributed by atoms with Crippen LogP contribution < -0.4 is 9.46 Å². The Morgan fingerprint density at radius 2 is 1.64 bits per heavy atom. The molecule has 0 aliphatic heterocycles. The normalized spacial score (nSPS) is 11.3. The minimum Gasteiger partial charge on any atom is -0.496 e. The molecular weight excluding hydrogens is 298 g/mol. The first kappa shape index (κ1) is 16.4. The molecule has 0 bridgehead atoms. The number of rotatable bonds is 4. The second-order valence-corrected chi connectivity index (χ2v) is 6.93. The van der Waals surface area contributed by atoms with Crippen LogP contribution in [-0.4, -0.2) is 15.5 Å². The Bertz CT molecular complexity index is 794. The molecule has 22 heavy (non-hydrogen) atoms. The highest BCUT2D eigenvalue weighted by molar-refractivity contribution is 7.92. The lowest BCUT2D eigenvalue weighted by Gasteiger charge is -2.16. The fourth-order valence-corrected chi connectivity index (χ4v) is 3.84. The zero-order valence-corrected chi connectivity index (χ0v) is 14.0. The molecule has 0 unspecified atom stereocenters. The number of benzene rings is 2. The Morgan fingerprint density at radius 1 is 1.05 bits per heavy atom. The first-order chi connectivity index (χ1) is 10.3. The molecule has 0 atom stereocenters. The number of aryl methyl sites for hydroxylation is 1. The summed E-state index contributed by atoms with van der Waals surface area (Å²) in [4.78, 5) is 0.266. The summed E-state index contributed by atoms with van der Waals surface area (Å²) < 4.78 is 33.2. The summed E-state index contributed by atoms with van der Waals surface area (Å²) in [5, 5.41) is 0. The van der Waals surface area contributed by atoms with E-state index in [4.69, 9.17) is 4.74 Å². The van der Waals surface area contributed by atoms with Crippen molar-refractivity contribution in [1.82, 2.24) is 0 Å². The van der Waals surface area contributed by atoms with Crippen molar-refractivity contribution in [3.8, 4) is 5.75 Å². The molecule has 0 saturated carbocycles. The van der Waals surface area contributed by atoms with Crippen molar-refractivity contribution in [3.05, 3.63) is 59.5 Å². The van der Waals surface area contributed by atoms with Crippen molar-refractivity contribution in [2.75, 3.05) is 11.8 Å². The Kier molecular flexibility index (Phi) is 4.47. The number of methoxy groups -OCH3 is 1. The molecule has 5 heteroatoms. The van der Waals surface area contributed by atoms with Crippen LogP contribution in [0.25, 0.3) is 0 Å². The van der Waals surface area contributed by atoms with Crippen LogP contribution >= 0.6 is 0 Å². The van der Waals surface area contributed by atoms with Crippen molar-refractivity contribution in [3.63, 3.8) is 0 Å². The number of sulfonamides is 1. The molecule has 0 fully saturated rings.